The minimum atomic E-state index is -4.05. The molecule has 0 aromatic rings. The van der Waals surface area contributed by atoms with Gasteiger partial charge in [0, 0.05) is 52.4 Å². The minimum Gasteiger partial charge on any atom is -0.480 e. The number of carboxylic acids is 1. The molecular weight excluding hydrogens is 335 g/mol. The van der Waals surface area contributed by atoms with E-state index >= 15 is 0 Å². The van der Waals surface area contributed by atoms with Crippen LogP contribution in [0, 0.1) is 0 Å². The molecule has 0 aromatic carbocycles. The number of hydrogen-bond acceptors (Lipinski definition) is 6. The second-order valence-electron chi connectivity index (χ2n) is 6.63. The zero-order chi connectivity index (χ0) is 17.6. The molecule has 3 N–H and O–H groups in total. The average molecular weight is 364 g/mol. The van der Waals surface area contributed by atoms with E-state index in [0.717, 1.165) is 45.7 Å². The predicted molar refractivity (Wildman–Crippen MR) is 90.1 cm³/mol. The molecule has 140 valence electrons. The quantitative estimate of drug-likeness (QED) is 0.532. The van der Waals surface area contributed by atoms with E-state index < -0.39 is 13.6 Å². The highest BCUT2D eigenvalue weighted by molar-refractivity contribution is 7.51. The van der Waals surface area contributed by atoms with Crippen LogP contribution in [0.5, 0.6) is 0 Å². The van der Waals surface area contributed by atoms with Gasteiger partial charge in [0.05, 0.1) is 6.54 Å². The number of fused-ring (bicyclic) bond motifs is 4. The van der Waals surface area contributed by atoms with E-state index in [1.807, 2.05) is 9.80 Å². The number of rotatable bonds is 4. The Balaban J connectivity index is 2.03. The molecule has 0 radical (unpaired) electrons. The maximum Gasteiger partial charge on any atom is 0.339 e. The Morgan fingerprint density at radius 2 is 1.25 bits per heavy atom. The van der Waals surface area contributed by atoms with Crippen LogP contribution in [0.2, 0.25) is 0 Å². The van der Waals surface area contributed by atoms with Gasteiger partial charge in [-0.05, 0) is 19.5 Å². The Hall–Kier alpha value is -0.540. The van der Waals surface area contributed by atoms with E-state index in [0.29, 0.717) is 26.2 Å². The van der Waals surface area contributed by atoms with Crippen molar-refractivity contribution in [1.29, 1.82) is 0 Å². The molecule has 0 spiro atoms. The Morgan fingerprint density at radius 3 is 1.67 bits per heavy atom. The number of nitrogens with zero attached hydrogens (tertiary/aromatic N) is 4. The lowest BCUT2D eigenvalue weighted by molar-refractivity contribution is -0.138. The summed E-state index contributed by atoms with van der Waals surface area (Å²) in [7, 11) is -4.05. The molecule has 24 heavy (non-hydrogen) atoms. The highest BCUT2D eigenvalue weighted by Crippen LogP contribution is 2.34. The third-order valence-corrected chi connectivity index (χ3v) is 5.39. The third-order valence-electron chi connectivity index (χ3n) is 4.62. The molecule has 0 aliphatic carbocycles. The first-order valence-electron chi connectivity index (χ1n) is 8.47. The van der Waals surface area contributed by atoms with Gasteiger partial charge in [-0.25, -0.2) is 0 Å². The topological polar surface area (TPSA) is 108 Å². The van der Waals surface area contributed by atoms with Crippen molar-refractivity contribution in [2.75, 3.05) is 78.3 Å². The minimum absolute atomic E-state index is 0.0615. The third kappa shape index (κ3) is 7.57. The number of aliphatic carboxylic acids is 1. The van der Waals surface area contributed by atoms with Crippen LogP contribution in [0.4, 0.5) is 0 Å². The summed E-state index contributed by atoms with van der Waals surface area (Å²) in [6.45, 7) is 7.66. The molecule has 2 aliphatic heterocycles. The predicted octanol–water partition coefficient (Wildman–Crippen LogP) is -1.17. The van der Waals surface area contributed by atoms with Crippen molar-refractivity contribution in [1.82, 2.24) is 19.6 Å². The van der Waals surface area contributed by atoms with Crippen molar-refractivity contribution in [3.63, 3.8) is 0 Å². The van der Waals surface area contributed by atoms with Crippen LogP contribution in [0.3, 0.4) is 0 Å². The molecule has 2 bridgehead atoms. The Kier molecular flexibility index (Phi) is 7.61. The summed E-state index contributed by atoms with van der Waals surface area (Å²) in [6, 6.07) is 0. The van der Waals surface area contributed by atoms with Crippen molar-refractivity contribution >= 4 is 13.6 Å². The van der Waals surface area contributed by atoms with Crippen LogP contribution >= 0.6 is 7.60 Å². The molecule has 2 fully saturated rings. The first-order chi connectivity index (χ1) is 11.3. The van der Waals surface area contributed by atoms with Crippen LogP contribution in [0.1, 0.15) is 6.42 Å². The maximum absolute atomic E-state index is 11.3. The van der Waals surface area contributed by atoms with Crippen molar-refractivity contribution in [3.05, 3.63) is 0 Å². The smallest absolute Gasteiger partial charge is 0.339 e. The number of hydrogen-bond donors (Lipinski definition) is 3. The summed E-state index contributed by atoms with van der Waals surface area (Å²) < 4.78 is 11.3. The molecule has 0 amide bonds. The monoisotopic (exact) mass is 364 g/mol. The van der Waals surface area contributed by atoms with Gasteiger partial charge in [-0.2, -0.15) is 0 Å². The van der Waals surface area contributed by atoms with Crippen LogP contribution in [0.25, 0.3) is 0 Å². The van der Waals surface area contributed by atoms with Crippen LogP contribution in [-0.4, -0.2) is 119 Å². The first-order valence-corrected chi connectivity index (χ1v) is 10.3. The average Bonchev–Trinajstić information content (AvgIpc) is 2.47. The van der Waals surface area contributed by atoms with Crippen LogP contribution in [0.15, 0.2) is 0 Å². The lowest BCUT2D eigenvalue weighted by atomic mass is 10.2. The van der Waals surface area contributed by atoms with E-state index in [-0.39, 0.29) is 12.8 Å². The molecule has 2 unspecified atom stereocenters. The molecule has 0 aromatic heterocycles. The summed E-state index contributed by atoms with van der Waals surface area (Å²) in [5.41, 5.74) is 0. The molecule has 10 heteroatoms. The van der Waals surface area contributed by atoms with E-state index in [9.17, 15) is 19.1 Å². The Labute approximate surface area is 143 Å². The summed E-state index contributed by atoms with van der Waals surface area (Å²) >= 11 is 0. The van der Waals surface area contributed by atoms with Gasteiger partial charge in [0.15, 0.2) is 0 Å². The van der Waals surface area contributed by atoms with Gasteiger partial charge in [-0.1, -0.05) is 0 Å². The van der Waals surface area contributed by atoms with Crippen molar-refractivity contribution in [2.24, 2.45) is 0 Å². The Morgan fingerprint density at radius 1 is 0.792 bits per heavy atom. The van der Waals surface area contributed by atoms with E-state index in [1.54, 1.807) is 0 Å². The van der Waals surface area contributed by atoms with Crippen LogP contribution < -0.4 is 0 Å². The molecule has 2 atom stereocenters. The lowest BCUT2D eigenvalue weighted by Gasteiger charge is -2.36. The van der Waals surface area contributed by atoms with Crippen LogP contribution in [-0.2, 0) is 9.36 Å². The molecular formula is C14H29N4O5P. The Bertz CT molecular complexity index is 440. The van der Waals surface area contributed by atoms with Gasteiger partial charge in [0.25, 0.3) is 0 Å². The fraction of sp³-hybridized carbons (Fsp3) is 0.929. The van der Waals surface area contributed by atoms with Gasteiger partial charge < -0.3 is 24.7 Å². The molecule has 0 saturated carbocycles. The van der Waals surface area contributed by atoms with Gasteiger partial charge in [0.1, 0.15) is 6.29 Å². The zero-order valence-electron chi connectivity index (χ0n) is 14.1. The summed E-state index contributed by atoms with van der Waals surface area (Å²) in [6.07, 6.45) is 0.872. The SMILES string of the molecule is O=C(O)CN1CCN2CCCN(CC1)CCN(CP(=O)(O)O)CC2. The zero-order valence-corrected chi connectivity index (χ0v) is 15.0. The fourth-order valence-corrected chi connectivity index (χ4v) is 4.10. The van der Waals surface area contributed by atoms with Gasteiger partial charge in [-0.3, -0.25) is 19.2 Å². The normalized spacial score (nSPS) is 28.8. The van der Waals surface area contributed by atoms with Gasteiger partial charge in [0.2, 0.25) is 0 Å². The van der Waals surface area contributed by atoms with E-state index in [2.05, 4.69) is 9.80 Å². The molecule has 2 heterocycles. The second-order valence-corrected chi connectivity index (χ2v) is 8.24. The van der Waals surface area contributed by atoms with Gasteiger partial charge in [-0.15, -0.1) is 0 Å². The van der Waals surface area contributed by atoms with Crippen molar-refractivity contribution < 1.29 is 24.3 Å². The molecule has 2 rings (SSSR count). The maximum atomic E-state index is 11.3. The number of carboxylic acid groups (broad SMARTS) is 1. The van der Waals surface area contributed by atoms with Crippen molar-refractivity contribution in [3.8, 4) is 0 Å². The van der Waals surface area contributed by atoms with E-state index in [1.165, 1.54) is 0 Å². The molecule has 9 nitrogen and oxygen atoms in total. The standard InChI is InChI=1S/C14H29N4O5P/c19-14(20)12-17-8-4-15-2-1-3-16(5-9-17)7-11-18(10-6-15)13-24(21,22)23/h1-13H2,(H,19,20)(H2,21,22,23). The summed E-state index contributed by atoms with van der Waals surface area (Å²) in [4.78, 5) is 37.9. The summed E-state index contributed by atoms with van der Waals surface area (Å²) in [5, 5.41) is 9.05. The highest BCUT2D eigenvalue weighted by Gasteiger charge is 2.23. The molecule has 2 saturated heterocycles. The second kappa shape index (κ2) is 9.24. The fourth-order valence-electron chi connectivity index (χ4n) is 3.30. The van der Waals surface area contributed by atoms with Gasteiger partial charge >= 0.3 is 13.6 Å². The number of carbonyl (C=O) groups is 1. The lowest BCUT2D eigenvalue weighted by Crippen LogP contribution is -2.49. The van der Waals surface area contributed by atoms with E-state index in [4.69, 9.17) is 5.11 Å². The molecule has 2 aliphatic rings. The van der Waals surface area contributed by atoms with Crippen molar-refractivity contribution in [2.45, 2.75) is 6.42 Å². The summed E-state index contributed by atoms with van der Waals surface area (Å²) in [5.74, 6) is -0.801. The largest absolute Gasteiger partial charge is 0.480 e. The first kappa shape index (κ1) is 19.8. The highest BCUT2D eigenvalue weighted by atomic mass is 31.2.